The predicted octanol–water partition coefficient (Wildman–Crippen LogP) is 3.41. The lowest BCUT2D eigenvalue weighted by Crippen LogP contribution is -1.94. The Hall–Kier alpha value is -0.740. The molecule has 0 atom stereocenters. The number of thiophene rings is 1. The fourth-order valence-corrected chi connectivity index (χ4v) is 2.36. The average molecular weight is 269 g/mol. The van der Waals surface area contributed by atoms with E-state index in [1.54, 1.807) is 11.3 Å². The van der Waals surface area contributed by atoms with Crippen LogP contribution >= 0.6 is 27.3 Å². The van der Waals surface area contributed by atoms with E-state index in [4.69, 9.17) is 0 Å². The predicted molar refractivity (Wildman–Crippen MR) is 62.7 cm³/mol. The third-order valence-electron chi connectivity index (χ3n) is 1.97. The first-order chi connectivity index (χ1) is 6.81. The molecule has 0 spiro atoms. The van der Waals surface area contributed by atoms with Crippen LogP contribution in [0.2, 0.25) is 0 Å². The van der Waals surface area contributed by atoms with Crippen LogP contribution in [0.3, 0.4) is 0 Å². The molecule has 0 saturated carbocycles. The molecule has 0 saturated heterocycles. The molecule has 2 rings (SSSR count). The zero-order chi connectivity index (χ0) is 9.97. The molecular formula is C10H9BrN2S. The molecule has 2 aromatic rings. The van der Waals surface area contributed by atoms with Gasteiger partial charge in [-0.15, -0.1) is 11.3 Å². The average Bonchev–Trinajstić information content (AvgIpc) is 2.70. The van der Waals surface area contributed by atoms with E-state index >= 15 is 0 Å². The lowest BCUT2D eigenvalue weighted by molar-refractivity contribution is 1.07. The SMILES string of the molecule is Cc1nc(-c2cccs2)ncc1CBr. The van der Waals surface area contributed by atoms with Crippen LogP contribution in [0, 0.1) is 6.92 Å². The summed E-state index contributed by atoms with van der Waals surface area (Å²) in [5, 5.41) is 2.84. The number of aromatic nitrogens is 2. The Kier molecular flexibility index (Phi) is 2.93. The van der Waals surface area contributed by atoms with Gasteiger partial charge < -0.3 is 0 Å². The first-order valence-corrected chi connectivity index (χ1v) is 6.23. The minimum Gasteiger partial charge on any atom is -0.236 e. The van der Waals surface area contributed by atoms with Crippen molar-refractivity contribution in [1.82, 2.24) is 9.97 Å². The van der Waals surface area contributed by atoms with Crippen LogP contribution < -0.4 is 0 Å². The molecule has 0 aliphatic carbocycles. The second-order valence-corrected chi connectivity index (χ2v) is 4.42. The highest BCUT2D eigenvalue weighted by Gasteiger charge is 2.04. The van der Waals surface area contributed by atoms with Gasteiger partial charge in [-0.25, -0.2) is 9.97 Å². The molecule has 2 heterocycles. The zero-order valence-electron chi connectivity index (χ0n) is 7.70. The van der Waals surface area contributed by atoms with Gasteiger partial charge in [0.05, 0.1) is 4.88 Å². The van der Waals surface area contributed by atoms with E-state index in [1.165, 1.54) is 0 Å². The molecular weight excluding hydrogens is 260 g/mol. The van der Waals surface area contributed by atoms with Gasteiger partial charge in [-0.3, -0.25) is 0 Å². The topological polar surface area (TPSA) is 25.8 Å². The van der Waals surface area contributed by atoms with Gasteiger partial charge in [0.15, 0.2) is 5.82 Å². The number of halogens is 1. The molecule has 0 amide bonds. The fourth-order valence-electron chi connectivity index (χ4n) is 1.15. The van der Waals surface area contributed by atoms with Crippen molar-refractivity contribution in [3.05, 3.63) is 35.0 Å². The van der Waals surface area contributed by atoms with E-state index in [9.17, 15) is 0 Å². The smallest absolute Gasteiger partial charge is 0.169 e. The fraction of sp³-hybridized carbons (Fsp3) is 0.200. The third kappa shape index (κ3) is 1.86. The molecule has 0 unspecified atom stereocenters. The van der Waals surface area contributed by atoms with Crippen LogP contribution in [-0.4, -0.2) is 9.97 Å². The maximum atomic E-state index is 4.46. The van der Waals surface area contributed by atoms with Gasteiger partial charge in [0, 0.05) is 22.8 Å². The number of nitrogens with zero attached hydrogens (tertiary/aromatic N) is 2. The summed E-state index contributed by atoms with van der Waals surface area (Å²) in [5.74, 6) is 0.821. The highest BCUT2D eigenvalue weighted by molar-refractivity contribution is 9.08. The van der Waals surface area contributed by atoms with Gasteiger partial charge in [-0.1, -0.05) is 22.0 Å². The zero-order valence-corrected chi connectivity index (χ0v) is 10.1. The van der Waals surface area contributed by atoms with E-state index < -0.39 is 0 Å². The maximum Gasteiger partial charge on any atom is 0.169 e. The van der Waals surface area contributed by atoms with Crippen LogP contribution in [0.1, 0.15) is 11.3 Å². The first kappa shape index (κ1) is 9.80. The van der Waals surface area contributed by atoms with E-state index in [1.807, 2.05) is 30.6 Å². The van der Waals surface area contributed by atoms with Gasteiger partial charge >= 0.3 is 0 Å². The lowest BCUT2D eigenvalue weighted by Gasteiger charge is -2.02. The second-order valence-electron chi connectivity index (χ2n) is 2.92. The quantitative estimate of drug-likeness (QED) is 0.781. The van der Waals surface area contributed by atoms with Gasteiger partial charge in [-0.2, -0.15) is 0 Å². The molecule has 72 valence electrons. The van der Waals surface area contributed by atoms with Crippen molar-refractivity contribution in [2.45, 2.75) is 12.3 Å². The highest BCUT2D eigenvalue weighted by atomic mass is 79.9. The van der Waals surface area contributed by atoms with Crippen molar-refractivity contribution in [3.63, 3.8) is 0 Å². The monoisotopic (exact) mass is 268 g/mol. The standard InChI is InChI=1S/C10H9BrN2S/c1-7-8(5-11)6-12-10(13-7)9-3-2-4-14-9/h2-4,6H,5H2,1H3. The van der Waals surface area contributed by atoms with E-state index in [2.05, 4.69) is 25.9 Å². The third-order valence-corrected chi connectivity index (χ3v) is 3.44. The Morgan fingerprint density at radius 2 is 2.36 bits per heavy atom. The molecule has 0 fully saturated rings. The Bertz CT molecular complexity index is 426. The van der Waals surface area contributed by atoms with Gasteiger partial charge in [0.2, 0.25) is 0 Å². The van der Waals surface area contributed by atoms with Crippen molar-refractivity contribution < 1.29 is 0 Å². The number of alkyl halides is 1. The van der Waals surface area contributed by atoms with Crippen LogP contribution in [0.5, 0.6) is 0 Å². The second kappa shape index (κ2) is 4.19. The molecule has 2 aromatic heterocycles. The van der Waals surface area contributed by atoms with Crippen LogP contribution in [0.4, 0.5) is 0 Å². The Labute approximate surface area is 95.2 Å². The number of aryl methyl sites for hydroxylation is 1. The van der Waals surface area contributed by atoms with Crippen molar-refractivity contribution >= 4 is 27.3 Å². The Morgan fingerprint density at radius 1 is 1.50 bits per heavy atom. The Morgan fingerprint density at radius 3 is 2.93 bits per heavy atom. The number of hydrogen-bond acceptors (Lipinski definition) is 3. The minimum atomic E-state index is 0.809. The van der Waals surface area contributed by atoms with Crippen LogP contribution in [-0.2, 0) is 5.33 Å². The maximum absolute atomic E-state index is 4.46. The summed E-state index contributed by atoms with van der Waals surface area (Å²) >= 11 is 5.07. The van der Waals surface area contributed by atoms with Gasteiger partial charge in [0.25, 0.3) is 0 Å². The normalized spacial score (nSPS) is 10.4. The molecule has 0 radical (unpaired) electrons. The molecule has 0 aliphatic rings. The summed E-state index contributed by atoms with van der Waals surface area (Å²) in [4.78, 5) is 9.90. The lowest BCUT2D eigenvalue weighted by atomic mass is 10.3. The van der Waals surface area contributed by atoms with Crippen molar-refractivity contribution in [2.24, 2.45) is 0 Å². The summed E-state index contributed by atoms with van der Waals surface area (Å²) in [5.41, 5.74) is 2.19. The van der Waals surface area contributed by atoms with E-state index in [-0.39, 0.29) is 0 Å². The van der Waals surface area contributed by atoms with Crippen LogP contribution in [0.15, 0.2) is 23.7 Å². The largest absolute Gasteiger partial charge is 0.236 e. The van der Waals surface area contributed by atoms with Gasteiger partial charge in [-0.05, 0) is 18.4 Å². The molecule has 4 heteroatoms. The summed E-state index contributed by atoms with van der Waals surface area (Å²) in [7, 11) is 0. The van der Waals surface area contributed by atoms with Crippen molar-refractivity contribution in [1.29, 1.82) is 0 Å². The molecule has 0 aliphatic heterocycles. The summed E-state index contributed by atoms with van der Waals surface area (Å²) in [6.45, 7) is 2.01. The molecule has 0 bridgehead atoms. The molecule has 2 nitrogen and oxygen atoms in total. The van der Waals surface area contributed by atoms with E-state index in [0.29, 0.717) is 0 Å². The van der Waals surface area contributed by atoms with E-state index in [0.717, 1.165) is 27.3 Å². The first-order valence-electron chi connectivity index (χ1n) is 4.23. The highest BCUT2D eigenvalue weighted by Crippen LogP contribution is 2.21. The minimum absolute atomic E-state index is 0.809. The molecule has 0 N–H and O–H groups in total. The summed E-state index contributed by atoms with van der Waals surface area (Å²) in [6.07, 6.45) is 1.88. The van der Waals surface area contributed by atoms with Gasteiger partial charge in [0.1, 0.15) is 0 Å². The van der Waals surface area contributed by atoms with Crippen molar-refractivity contribution in [3.8, 4) is 10.7 Å². The summed E-state index contributed by atoms with van der Waals surface area (Å²) in [6, 6.07) is 4.05. The van der Waals surface area contributed by atoms with Crippen molar-refractivity contribution in [2.75, 3.05) is 0 Å². The molecule has 14 heavy (non-hydrogen) atoms. The molecule has 0 aromatic carbocycles. The van der Waals surface area contributed by atoms with Crippen LogP contribution in [0.25, 0.3) is 10.7 Å². The number of hydrogen-bond donors (Lipinski definition) is 0. The summed E-state index contributed by atoms with van der Waals surface area (Å²) < 4.78 is 0. The number of rotatable bonds is 2. The Balaban J connectivity index is 2.43.